The summed E-state index contributed by atoms with van der Waals surface area (Å²) in [4.78, 5) is 14.9. The van der Waals surface area contributed by atoms with E-state index in [0.29, 0.717) is 24.3 Å². The van der Waals surface area contributed by atoms with Crippen LogP contribution in [0.5, 0.6) is 0 Å². The van der Waals surface area contributed by atoms with Crippen LogP contribution in [0.15, 0.2) is 60.7 Å². The van der Waals surface area contributed by atoms with E-state index in [-0.39, 0.29) is 10.8 Å². The molecule has 0 aliphatic carbocycles. The number of halogens is 3. The van der Waals surface area contributed by atoms with Crippen molar-refractivity contribution in [1.82, 2.24) is 0 Å². The molecule has 0 unspecified atom stereocenters. The molecule has 0 spiro atoms. The number of nitrogens with zero attached hydrogens (tertiary/aromatic N) is 1. The Hall–Kier alpha value is -2.80. The van der Waals surface area contributed by atoms with Gasteiger partial charge in [0.2, 0.25) is 0 Å². The lowest BCUT2D eigenvalue weighted by molar-refractivity contribution is -0.137. The van der Waals surface area contributed by atoms with Gasteiger partial charge in [0.15, 0.2) is 0 Å². The molecule has 1 N–H and O–H groups in total. The smallest absolute Gasteiger partial charge is 0.416 e. The number of carbonyl (C=O) groups is 1. The van der Waals surface area contributed by atoms with Gasteiger partial charge in [-0.3, -0.25) is 0 Å². The van der Waals surface area contributed by atoms with Crippen molar-refractivity contribution in [2.45, 2.75) is 26.6 Å². The van der Waals surface area contributed by atoms with Gasteiger partial charge in [0.1, 0.15) is 4.88 Å². The fourth-order valence-corrected chi connectivity index (χ4v) is 4.25. The van der Waals surface area contributed by atoms with Crippen molar-refractivity contribution in [3.05, 3.63) is 76.7 Å². The van der Waals surface area contributed by atoms with Crippen LogP contribution in [0, 0.1) is 5.92 Å². The lowest BCUT2D eigenvalue weighted by Crippen LogP contribution is -2.28. The average molecular weight is 433 g/mol. The van der Waals surface area contributed by atoms with Crippen molar-refractivity contribution in [1.29, 1.82) is 0 Å². The molecule has 0 fully saturated rings. The molecular formula is C23H22F3NO2S. The molecule has 2 aromatic carbocycles. The molecule has 1 heterocycles. The molecule has 3 aromatic rings. The third-order valence-electron chi connectivity index (χ3n) is 4.55. The first kappa shape index (κ1) is 21.9. The zero-order valence-corrected chi connectivity index (χ0v) is 17.4. The van der Waals surface area contributed by atoms with Crippen LogP contribution >= 0.6 is 11.3 Å². The van der Waals surface area contributed by atoms with Crippen LogP contribution in [0.2, 0.25) is 0 Å². The summed E-state index contributed by atoms with van der Waals surface area (Å²) in [7, 11) is 0. The maximum atomic E-state index is 12.9. The van der Waals surface area contributed by atoms with E-state index in [9.17, 15) is 23.1 Å². The van der Waals surface area contributed by atoms with Crippen LogP contribution in [-0.2, 0) is 12.7 Å². The number of thiophene rings is 1. The van der Waals surface area contributed by atoms with Crippen molar-refractivity contribution in [3.8, 4) is 10.4 Å². The summed E-state index contributed by atoms with van der Waals surface area (Å²) in [6.07, 6.45) is -4.38. The first-order chi connectivity index (χ1) is 14.1. The number of carboxylic acids is 1. The molecule has 158 valence electrons. The molecule has 0 saturated heterocycles. The molecule has 3 nitrogen and oxygen atoms in total. The van der Waals surface area contributed by atoms with Crippen LogP contribution < -0.4 is 4.90 Å². The summed E-state index contributed by atoms with van der Waals surface area (Å²) in [5.41, 5.74) is 1.50. The Kier molecular flexibility index (Phi) is 6.51. The third-order valence-corrected chi connectivity index (χ3v) is 5.71. The predicted octanol–water partition coefficient (Wildman–Crippen LogP) is 6.79. The van der Waals surface area contributed by atoms with E-state index in [4.69, 9.17) is 0 Å². The second-order valence-electron chi connectivity index (χ2n) is 7.47. The highest BCUT2D eigenvalue weighted by Crippen LogP contribution is 2.38. The maximum absolute atomic E-state index is 12.9. The summed E-state index contributed by atoms with van der Waals surface area (Å²) in [5, 5.41) is 9.76. The van der Waals surface area contributed by atoms with Crippen molar-refractivity contribution < 1.29 is 23.1 Å². The second kappa shape index (κ2) is 8.92. The number of aromatic carboxylic acids is 1. The van der Waals surface area contributed by atoms with Crippen LogP contribution in [0.4, 0.5) is 18.9 Å². The zero-order valence-electron chi connectivity index (χ0n) is 16.6. The molecular weight excluding hydrogens is 411 g/mol. The number of alkyl halides is 3. The summed E-state index contributed by atoms with van der Waals surface area (Å²) in [6.45, 7) is 4.93. The molecule has 0 saturated carbocycles. The SMILES string of the molecule is CC(C)CN(Cc1ccc(C(F)(F)F)cc1)c1cc(-c2ccccc2)sc1C(=O)O. The Morgan fingerprint density at radius 1 is 1.07 bits per heavy atom. The Morgan fingerprint density at radius 3 is 2.23 bits per heavy atom. The summed E-state index contributed by atoms with van der Waals surface area (Å²) in [6, 6.07) is 16.4. The molecule has 3 rings (SSSR count). The summed E-state index contributed by atoms with van der Waals surface area (Å²) in [5.74, 6) is -0.778. The molecule has 0 amide bonds. The minimum absolute atomic E-state index is 0.224. The van der Waals surface area contributed by atoms with E-state index in [1.54, 1.807) is 0 Å². The molecule has 0 radical (unpaired) electrons. The highest BCUT2D eigenvalue weighted by molar-refractivity contribution is 7.18. The van der Waals surface area contributed by atoms with Crippen molar-refractivity contribution in [2.75, 3.05) is 11.4 Å². The third kappa shape index (κ3) is 5.21. The quantitative estimate of drug-likeness (QED) is 0.446. The number of benzene rings is 2. The Morgan fingerprint density at radius 2 is 1.70 bits per heavy atom. The predicted molar refractivity (Wildman–Crippen MR) is 114 cm³/mol. The Bertz CT molecular complexity index is 996. The Balaban J connectivity index is 1.97. The van der Waals surface area contributed by atoms with Crippen LogP contribution in [-0.4, -0.2) is 17.6 Å². The van der Waals surface area contributed by atoms with Gasteiger partial charge in [-0.1, -0.05) is 56.3 Å². The van der Waals surface area contributed by atoms with E-state index in [1.165, 1.54) is 23.5 Å². The molecule has 30 heavy (non-hydrogen) atoms. The van der Waals surface area contributed by atoms with Crippen LogP contribution in [0.25, 0.3) is 10.4 Å². The number of hydrogen-bond acceptors (Lipinski definition) is 3. The normalized spacial score (nSPS) is 11.7. The monoisotopic (exact) mass is 433 g/mol. The van der Waals surface area contributed by atoms with Crippen LogP contribution in [0.1, 0.15) is 34.6 Å². The van der Waals surface area contributed by atoms with E-state index in [0.717, 1.165) is 22.6 Å². The Labute approximate surface area is 177 Å². The van der Waals surface area contributed by atoms with Gasteiger partial charge in [0.25, 0.3) is 0 Å². The fourth-order valence-electron chi connectivity index (χ4n) is 3.22. The van der Waals surface area contributed by atoms with E-state index < -0.39 is 17.7 Å². The lowest BCUT2D eigenvalue weighted by atomic mass is 10.1. The van der Waals surface area contributed by atoms with Gasteiger partial charge in [-0.2, -0.15) is 13.2 Å². The highest BCUT2D eigenvalue weighted by Gasteiger charge is 2.30. The van der Waals surface area contributed by atoms with Crippen molar-refractivity contribution >= 4 is 23.0 Å². The molecule has 0 aliphatic heterocycles. The van der Waals surface area contributed by atoms with E-state index in [1.807, 2.05) is 55.1 Å². The standard InChI is InChI=1S/C23H22F3NO2S/c1-15(2)13-27(14-16-8-10-18(11-9-16)23(24,25)26)19-12-20(30-21(19)22(28)29)17-6-4-3-5-7-17/h3-12,15H,13-14H2,1-2H3,(H,28,29). The van der Waals surface area contributed by atoms with Gasteiger partial charge in [-0.05, 0) is 35.2 Å². The minimum atomic E-state index is -4.38. The van der Waals surface area contributed by atoms with Gasteiger partial charge < -0.3 is 10.0 Å². The molecule has 0 aliphatic rings. The number of hydrogen-bond donors (Lipinski definition) is 1. The molecule has 7 heteroatoms. The van der Waals surface area contributed by atoms with E-state index in [2.05, 4.69) is 0 Å². The molecule has 0 bridgehead atoms. The van der Waals surface area contributed by atoms with Gasteiger partial charge in [0.05, 0.1) is 11.3 Å². The maximum Gasteiger partial charge on any atom is 0.416 e. The molecule has 1 aromatic heterocycles. The second-order valence-corrected chi connectivity index (χ2v) is 8.52. The molecule has 0 atom stereocenters. The van der Waals surface area contributed by atoms with Gasteiger partial charge in [-0.15, -0.1) is 11.3 Å². The zero-order chi connectivity index (χ0) is 21.9. The fraction of sp³-hybridized carbons (Fsp3) is 0.261. The first-order valence-corrected chi connectivity index (χ1v) is 10.3. The number of carboxylic acid groups (broad SMARTS) is 1. The van der Waals surface area contributed by atoms with Crippen molar-refractivity contribution in [3.63, 3.8) is 0 Å². The largest absolute Gasteiger partial charge is 0.477 e. The highest BCUT2D eigenvalue weighted by atomic mass is 32.1. The van der Waals surface area contributed by atoms with E-state index >= 15 is 0 Å². The lowest BCUT2D eigenvalue weighted by Gasteiger charge is -2.26. The summed E-state index contributed by atoms with van der Waals surface area (Å²) >= 11 is 1.20. The van der Waals surface area contributed by atoms with Gasteiger partial charge >= 0.3 is 12.1 Å². The van der Waals surface area contributed by atoms with Gasteiger partial charge in [0, 0.05) is 18.0 Å². The topological polar surface area (TPSA) is 40.5 Å². The number of rotatable bonds is 7. The minimum Gasteiger partial charge on any atom is -0.477 e. The van der Waals surface area contributed by atoms with Crippen LogP contribution in [0.3, 0.4) is 0 Å². The average Bonchev–Trinajstić information content (AvgIpc) is 3.13. The van der Waals surface area contributed by atoms with Crippen molar-refractivity contribution in [2.24, 2.45) is 5.92 Å². The number of anilines is 1. The first-order valence-electron chi connectivity index (χ1n) is 9.48. The van der Waals surface area contributed by atoms with Gasteiger partial charge in [-0.25, -0.2) is 4.79 Å². The summed E-state index contributed by atoms with van der Waals surface area (Å²) < 4.78 is 38.6.